The summed E-state index contributed by atoms with van der Waals surface area (Å²) in [6.45, 7) is 1.97. The van der Waals surface area contributed by atoms with Crippen LogP contribution in [0.3, 0.4) is 0 Å². The van der Waals surface area contributed by atoms with Crippen LogP contribution in [-0.2, 0) is 11.2 Å². The quantitative estimate of drug-likeness (QED) is 0.721. The Morgan fingerprint density at radius 3 is 2.64 bits per heavy atom. The third-order valence-electron chi connectivity index (χ3n) is 2.95. The molecular formula is C12H16O2. The van der Waals surface area contributed by atoms with Crippen molar-refractivity contribution in [2.75, 3.05) is 0 Å². The molecule has 0 radical (unpaired) electrons. The smallest absolute Gasteiger partial charge is 0.132 e. The van der Waals surface area contributed by atoms with Crippen LogP contribution >= 0.6 is 0 Å². The van der Waals surface area contributed by atoms with Gasteiger partial charge in [0, 0.05) is 19.3 Å². The molecule has 1 heterocycles. The molecule has 0 saturated heterocycles. The van der Waals surface area contributed by atoms with Gasteiger partial charge in [0.25, 0.3) is 0 Å². The highest BCUT2D eigenvalue weighted by molar-refractivity contribution is 5.79. The molecule has 0 amide bonds. The normalized spacial score (nSPS) is 18.8. The first-order valence-corrected chi connectivity index (χ1v) is 5.31. The van der Waals surface area contributed by atoms with E-state index in [1.54, 1.807) is 0 Å². The molecule has 1 aliphatic rings. The highest BCUT2D eigenvalue weighted by Crippen LogP contribution is 2.25. The van der Waals surface area contributed by atoms with Gasteiger partial charge in [0.1, 0.15) is 17.3 Å². The van der Waals surface area contributed by atoms with Gasteiger partial charge in [-0.05, 0) is 37.8 Å². The third-order valence-corrected chi connectivity index (χ3v) is 2.95. The van der Waals surface area contributed by atoms with Gasteiger partial charge in [0.2, 0.25) is 0 Å². The molecule has 0 aromatic carbocycles. The van der Waals surface area contributed by atoms with Gasteiger partial charge in [-0.3, -0.25) is 4.79 Å². The number of aryl methyl sites for hydroxylation is 1. The van der Waals surface area contributed by atoms with Gasteiger partial charge in [-0.2, -0.15) is 0 Å². The summed E-state index contributed by atoms with van der Waals surface area (Å²) in [7, 11) is 0. The van der Waals surface area contributed by atoms with Gasteiger partial charge < -0.3 is 4.42 Å². The van der Waals surface area contributed by atoms with Crippen molar-refractivity contribution in [3.05, 3.63) is 23.7 Å². The Morgan fingerprint density at radius 2 is 2.07 bits per heavy atom. The molecular weight excluding hydrogens is 176 g/mol. The lowest BCUT2D eigenvalue weighted by atomic mass is 9.86. The monoisotopic (exact) mass is 192 g/mol. The number of rotatable bonds is 2. The van der Waals surface area contributed by atoms with E-state index in [1.165, 1.54) is 0 Å². The summed E-state index contributed by atoms with van der Waals surface area (Å²) in [6, 6.07) is 4.05. The SMILES string of the molecule is Cc1ccc(CC2CCC(=O)CC2)o1. The van der Waals surface area contributed by atoms with Crippen molar-refractivity contribution in [3.8, 4) is 0 Å². The zero-order valence-corrected chi connectivity index (χ0v) is 8.58. The van der Waals surface area contributed by atoms with E-state index in [1.807, 2.05) is 19.1 Å². The van der Waals surface area contributed by atoms with Crippen molar-refractivity contribution in [3.63, 3.8) is 0 Å². The number of ketones is 1. The molecule has 1 saturated carbocycles. The van der Waals surface area contributed by atoms with E-state index >= 15 is 0 Å². The second kappa shape index (κ2) is 3.99. The van der Waals surface area contributed by atoms with Crippen LogP contribution in [-0.4, -0.2) is 5.78 Å². The standard InChI is InChI=1S/C12H16O2/c1-9-2-7-12(14-9)8-10-3-5-11(13)6-4-10/h2,7,10H,3-6,8H2,1H3. The second-order valence-corrected chi connectivity index (χ2v) is 4.20. The topological polar surface area (TPSA) is 30.2 Å². The average Bonchev–Trinajstić information content (AvgIpc) is 2.56. The summed E-state index contributed by atoms with van der Waals surface area (Å²) in [5.41, 5.74) is 0. The van der Waals surface area contributed by atoms with Gasteiger partial charge in [-0.25, -0.2) is 0 Å². The number of carbonyl (C=O) groups excluding carboxylic acids is 1. The summed E-state index contributed by atoms with van der Waals surface area (Å²) >= 11 is 0. The summed E-state index contributed by atoms with van der Waals surface area (Å²) in [4.78, 5) is 11.0. The van der Waals surface area contributed by atoms with Gasteiger partial charge in [0.15, 0.2) is 0 Å². The fourth-order valence-electron chi connectivity index (χ4n) is 2.08. The molecule has 2 rings (SSSR count). The zero-order valence-electron chi connectivity index (χ0n) is 8.58. The highest BCUT2D eigenvalue weighted by atomic mass is 16.3. The molecule has 1 aliphatic carbocycles. The van der Waals surface area contributed by atoms with Crippen LogP contribution in [0.1, 0.15) is 37.2 Å². The average molecular weight is 192 g/mol. The maximum absolute atomic E-state index is 11.0. The third kappa shape index (κ3) is 2.25. The largest absolute Gasteiger partial charge is 0.466 e. The highest BCUT2D eigenvalue weighted by Gasteiger charge is 2.19. The predicted octanol–water partition coefficient (Wildman–Crippen LogP) is 2.89. The molecule has 0 N–H and O–H groups in total. The van der Waals surface area contributed by atoms with Gasteiger partial charge >= 0.3 is 0 Å². The van der Waals surface area contributed by atoms with Crippen LogP contribution in [0.25, 0.3) is 0 Å². The van der Waals surface area contributed by atoms with Crippen LogP contribution < -0.4 is 0 Å². The Balaban J connectivity index is 1.89. The fourth-order valence-corrected chi connectivity index (χ4v) is 2.08. The minimum atomic E-state index is 0.428. The Hall–Kier alpha value is -1.05. The fraction of sp³-hybridized carbons (Fsp3) is 0.583. The van der Waals surface area contributed by atoms with Gasteiger partial charge in [-0.15, -0.1) is 0 Å². The molecule has 1 aromatic rings. The molecule has 1 fully saturated rings. The van der Waals surface area contributed by atoms with Crippen molar-refractivity contribution in [1.29, 1.82) is 0 Å². The summed E-state index contributed by atoms with van der Waals surface area (Å²) in [5.74, 6) is 3.13. The lowest BCUT2D eigenvalue weighted by Crippen LogP contribution is -2.15. The molecule has 1 aromatic heterocycles. The number of furan rings is 1. The van der Waals surface area contributed by atoms with Crippen molar-refractivity contribution >= 4 is 5.78 Å². The maximum atomic E-state index is 11.0. The zero-order chi connectivity index (χ0) is 9.97. The van der Waals surface area contributed by atoms with Crippen molar-refractivity contribution < 1.29 is 9.21 Å². The number of hydrogen-bond donors (Lipinski definition) is 0. The van der Waals surface area contributed by atoms with Crippen molar-refractivity contribution in [1.82, 2.24) is 0 Å². The minimum absolute atomic E-state index is 0.428. The van der Waals surface area contributed by atoms with E-state index in [0.717, 1.165) is 43.6 Å². The number of Topliss-reactive ketones (excluding diaryl/α,β-unsaturated/α-hetero) is 1. The van der Waals surface area contributed by atoms with E-state index < -0.39 is 0 Å². The molecule has 14 heavy (non-hydrogen) atoms. The van der Waals surface area contributed by atoms with Crippen molar-refractivity contribution in [2.45, 2.75) is 39.0 Å². The van der Waals surface area contributed by atoms with E-state index in [-0.39, 0.29) is 0 Å². The molecule has 2 heteroatoms. The summed E-state index contributed by atoms with van der Waals surface area (Å²) < 4.78 is 5.53. The first kappa shape index (κ1) is 9.50. The molecule has 0 spiro atoms. The second-order valence-electron chi connectivity index (χ2n) is 4.20. The maximum Gasteiger partial charge on any atom is 0.132 e. The van der Waals surface area contributed by atoms with Crippen LogP contribution in [0, 0.1) is 12.8 Å². The number of carbonyl (C=O) groups is 1. The molecule has 0 aliphatic heterocycles. The van der Waals surface area contributed by atoms with Gasteiger partial charge in [-0.1, -0.05) is 0 Å². The first-order valence-electron chi connectivity index (χ1n) is 5.31. The Labute approximate surface area is 84.3 Å². The van der Waals surface area contributed by atoms with Crippen molar-refractivity contribution in [2.24, 2.45) is 5.92 Å². The molecule has 0 bridgehead atoms. The van der Waals surface area contributed by atoms with E-state index in [0.29, 0.717) is 11.7 Å². The van der Waals surface area contributed by atoms with Gasteiger partial charge in [0.05, 0.1) is 0 Å². The Morgan fingerprint density at radius 1 is 1.36 bits per heavy atom. The van der Waals surface area contributed by atoms with Crippen LogP contribution in [0.15, 0.2) is 16.5 Å². The Bertz CT molecular complexity index is 315. The van der Waals surface area contributed by atoms with E-state index in [2.05, 4.69) is 0 Å². The molecule has 0 unspecified atom stereocenters. The van der Waals surface area contributed by atoms with Crippen LogP contribution in [0.5, 0.6) is 0 Å². The summed E-state index contributed by atoms with van der Waals surface area (Å²) in [5, 5.41) is 0. The van der Waals surface area contributed by atoms with Crippen LogP contribution in [0.4, 0.5) is 0 Å². The van der Waals surface area contributed by atoms with Crippen LogP contribution in [0.2, 0.25) is 0 Å². The molecule has 76 valence electrons. The minimum Gasteiger partial charge on any atom is -0.466 e. The predicted molar refractivity (Wildman–Crippen MR) is 54.1 cm³/mol. The first-order chi connectivity index (χ1) is 6.74. The molecule has 2 nitrogen and oxygen atoms in total. The lowest BCUT2D eigenvalue weighted by Gasteiger charge is -2.19. The summed E-state index contributed by atoms with van der Waals surface area (Å²) in [6.07, 6.45) is 4.62. The molecule has 0 atom stereocenters. The van der Waals surface area contributed by atoms with E-state index in [4.69, 9.17) is 4.42 Å². The number of hydrogen-bond acceptors (Lipinski definition) is 2. The lowest BCUT2D eigenvalue weighted by molar-refractivity contribution is -0.121. The van der Waals surface area contributed by atoms with E-state index in [9.17, 15) is 4.79 Å². The Kier molecular flexibility index (Phi) is 2.71.